The fraction of sp³-hybridized carbons (Fsp3) is 0.273. The van der Waals surface area contributed by atoms with Gasteiger partial charge in [0.15, 0.2) is 5.11 Å². The zero-order valence-corrected chi connectivity index (χ0v) is 10.1. The maximum Gasteiger partial charge on any atom is 0.230 e. The van der Waals surface area contributed by atoms with Gasteiger partial charge >= 0.3 is 0 Å². The summed E-state index contributed by atoms with van der Waals surface area (Å²) in [7, 11) is 0. The molecule has 16 heavy (non-hydrogen) atoms. The fourth-order valence-corrected chi connectivity index (χ4v) is 1.13. The molecule has 0 bridgehead atoms. The van der Waals surface area contributed by atoms with Crippen LogP contribution in [0.4, 0.5) is 4.39 Å². The molecular formula is C11H19FN2OS. The van der Waals surface area contributed by atoms with Gasteiger partial charge in [-0.25, -0.2) is 4.39 Å². The summed E-state index contributed by atoms with van der Waals surface area (Å²) in [4.78, 5) is 11.1. The van der Waals surface area contributed by atoms with Crippen LogP contribution < -0.4 is 11.1 Å². The van der Waals surface area contributed by atoms with Crippen LogP contribution in [0.3, 0.4) is 0 Å². The van der Waals surface area contributed by atoms with Crippen LogP contribution >= 0.6 is 12.2 Å². The topological polar surface area (TPSA) is 55.1 Å². The lowest BCUT2D eigenvalue weighted by atomic mass is 10.1. The molecule has 0 saturated carbocycles. The first-order valence-corrected chi connectivity index (χ1v) is 5.32. The van der Waals surface area contributed by atoms with Crippen molar-refractivity contribution in [2.24, 2.45) is 5.73 Å². The molecule has 3 N–H and O–H groups in total. The van der Waals surface area contributed by atoms with Crippen molar-refractivity contribution in [3.8, 4) is 0 Å². The minimum absolute atomic E-state index is 0. The highest BCUT2D eigenvalue weighted by Gasteiger charge is 2.04. The van der Waals surface area contributed by atoms with E-state index in [0.717, 1.165) is 0 Å². The Morgan fingerprint density at radius 3 is 2.69 bits per heavy atom. The number of thiocarbonyl (C=S) groups is 1. The smallest absolute Gasteiger partial charge is 0.230 e. The maximum absolute atomic E-state index is 12.7. The number of carbonyl (C=O) groups excluding carboxylic acids is 1. The summed E-state index contributed by atoms with van der Waals surface area (Å²) in [6.07, 6.45) is 0.0646. The lowest BCUT2D eigenvalue weighted by Gasteiger charge is -2.02. The zero-order chi connectivity index (χ0) is 12.6. The number of hydrogen-bond acceptors (Lipinski definition) is 2. The highest BCUT2D eigenvalue weighted by atomic mass is 32.1. The molecule has 0 aliphatic rings. The lowest BCUT2D eigenvalue weighted by molar-refractivity contribution is -0.119. The number of amides is 1. The van der Waals surface area contributed by atoms with Crippen molar-refractivity contribution >= 4 is 23.2 Å². The van der Waals surface area contributed by atoms with Gasteiger partial charge in [0, 0.05) is 2.85 Å². The van der Waals surface area contributed by atoms with Gasteiger partial charge in [-0.2, -0.15) is 0 Å². The van der Waals surface area contributed by atoms with E-state index in [1.807, 2.05) is 13.8 Å². The number of nitrogens with one attached hydrogen (secondary N) is 1. The third kappa shape index (κ3) is 6.08. The molecule has 0 saturated heterocycles. The standard InChI is InChI=1S/C9H9FN2OS.C2H6.2H2/c10-7-3-1-2-6(4-7)5-8(13)12-9(11)14;1-2;;/h1-4H,5H2,(H3,11,12,13,14);1-2H3;2*1H. The number of carbonyl (C=O) groups is 1. The molecule has 92 valence electrons. The van der Waals surface area contributed by atoms with E-state index in [9.17, 15) is 9.18 Å². The average Bonchev–Trinajstić information content (AvgIpc) is 2.19. The van der Waals surface area contributed by atoms with Crippen molar-refractivity contribution in [1.29, 1.82) is 0 Å². The van der Waals surface area contributed by atoms with E-state index in [2.05, 4.69) is 17.5 Å². The summed E-state index contributed by atoms with van der Waals surface area (Å²) < 4.78 is 12.7. The van der Waals surface area contributed by atoms with E-state index in [1.165, 1.54) is 12.1 Å². The Kier molecular flexibility index (Phi) is 7.03. The molecule has 1 aromatic carbocycles. The minimum Gasteiger partial charge on any atom is -0.376 e. The van der Waals surface area contributed by atoms with Gasteiger partial charge < -0.3 is 11.1 Å². The van der Waals surface area contributed by atoms with E-state index < -0.39 is 0 Å². The Balaban J connectivity index is -0.000000534. The van der Waals surface area contributed by atoms with Crippen LogP contribution in [0.15, 0.2) is 24.3 Å². The SMILES string of the molecule is CC.NC(=S)NC(=O)Cc1cccc(F)c1.[HH].[HH]. The van der Waals surface area contributed by atoms with Crippen molar-refractivity contribution < 1.29 is 12.0 Å². The highest BCUT2D eigenvalue weighted by molar-refractivity contribution is 7.80. The van der Waals surface area contributed by atoms with Crippen molar-refractivity contribution in [3.05, 3.63) is 35.6 Å². The van der Waals surface area contributed by atoms with E-state index in [-0.39, 0.29) is 26.1 Å². The summed E-state index contributed by atoms with van der Waals surface area (Å²) in [6.45, 7) is 4.00. The largest absolute Gasteiger partial charge is 0.376 e. The van der Waals surface area contributed by atoms with Crippen molar-refractivity contribution in [2.75, 3.05) is 0 Å². The molecule has 0 aliphatic heterocycles. The quantitative estimate of drug-likeness (QED) is 0.787. The molecule has 1 amide bonds. The predicted molar refractivity (Wildman–Crippen MR) is 70.6 cm³/mol. The van der Waals surface area contributed by atoms with Crippen molar-refractivity contribution in [3.63, 3.8) is 0 Å². The minimum atomic E-state index is -0.370. The molecule has 3 nitrogen and oxygen atoms in total. The van der Waals surface area contributed by atoms with Crippen LogP contribution in [0.25, 0.3) is 0 Å². The molecule has 0 aromatic heterocycles. The third-order valence-electron chi connectivity index (χ3n) is 1.52. The summed E-state index contributed by atoms with van der Waals surface area (Å²) in [5.74, 6) is -0.714. The third-order valence-corrected chi connectivity index (χ3v) is 1.62. The first kappa shape index (κ1) is 14.5. The van der Waals surface area contributed by atoms with Gasteiger partial charge in [-0.05, 0) is 29.9 Å². The lowest BCUT2D eigenvalue weighted by Crippen LogP contribution is -2.35. The Bertz CT molecular complexity index is 378. The highest BCUT2D eigenvalue weighted by Crippen LogP contribution is 2.03. The molecule has 1 rings (SSSR count). The summed E-state index contributed by atoms with van der Waals surface area (Å²) >= 11 is 4.49. The van der Waals surface area contributed by atoms with Gasteiger partial charge in [-0.15, -0.1) is 0 Å². The van der Waals surface area contributed by atoms with E-state index in [0.29, 0.717) is 5.56 Å². The fourth-order valence-electron chi connectivity index (χ4n) is 1.01. The molecule has 0 unspecified atom stereocenters. The van der Waals surface area contributed by atoms with Crippen LogP contribution in [0.5, 0.6) is 0 Å². The van der Waals surface area contributed by atoms with Crippen LogP contribution in [0.1, 0.15) is 22.3 Å². The second kappa shape index (κ2) is 7.76. The summed E-state index contributed by atoms with van der Waals surface area (Å²) in [6, 6.07) is 5.80. The second-order valence-electron chi connectivity index (χ2n) is 2.72. The molecular weight excluding hydrogens is 227 g/mol. The van der Waals surface area contributed by atoms with Gasteiger partial charge in [-0.1, -0.05) is 26.0 Å². The number of benzene rings is 1. The van der Waals surface area contributed by atoms with Crippen LogP contribution in [0, 0.1) is 5.82 Å². The van der Waals surface area contributed by atoms with Crippen molar-refractivity contribution in [1.82, 2.24) is 5.32 Å². The average molecular weight is 246 g/mol. The molecule has 5 heteroatoms. The molecule has 0 heterocycles. The van der Waals surface area contributed by atoms with E-state index in [1.54, 1.807) is 12.1 Å². The Morgan fingerprint density at radius 1 is 1.56 bits per heavy atom. The summed E-state index contributed by atoms with van der Waals surface area (Å²) in [5, 5.41) is 2.18. The molecule has 0 atom stereocenters. The zero-order valence-electron chi connectivity index (χ0n) is 9.29. The normalized spacial score (nSPS) is 8.69. The number of halogens is 1. The number of hydrogen-bond donors (Lipinski definition) is 2. The molecule has 0 spiro atoms. The first-order chi connectivity index (χ1) is 7.58. The molecule has 1 aromatic rings. The van der Waals surface area contributed by atoms with Gasteiger partial charge in [-0.3, -0.25) is 4.79 Å². The first-order valence-electron chi connectivity index (χ1n) is 4.91. The van der Waals surface area contributed by atoms with Crippen LogP contribution in [-0.2, 0) is 11.2 Å². The predicted octanol–water partition coefficient (Wildman–Crippen LogP) is 2.25. The number of nitrogens with two attached hydrogens (primary N) is 1. The second-order valence-corrected chi connectivity index (χ2v) is 3.16. The van der Waals surface area contributed by atoms with E-state index >= 15 is 0 Å². The molecule has 0 aliphatic carbocycles. The number of rotatable bonds is 2. The summed E-state index contributed by atoms with van der Waals surface area (Å²) in [5.41, 5.74) is 5.68. The Morgan fingerprint density at radius 2 is 2.19 bits per heavy atom. The van der Waals surface area contributed by atoms with Gasteiger partial charge in [0.1, 0.15) is 5.82 Å². The van der Waals surface area contributed by atoms with Crippen LogP contribution in [0.2, 0.25) is 0 Å². The van der Waals surface area contributed by atoms with Crippen molar-refractivity contribution in [2.45, 2.75) is 20.3 Å². The molecule has 0 fully saturated rings. The monoisotopic (exact) mass is 246 g/mol. The van der Waals surface area contributed by atoms with E-state index in [4.69, 9.17) is 5.73 Å². The van der Waals surface area contributed by atoms with Gasteiger partial charge in [0.25, 0.3) is 0 Å². The maximum atomic E-state index is 12.7. The van der Waals surface area contributed by atoms with Gasteiger partial charge in [0.2, 0.25) is 5.91 Å². The molecule has 0 radical (unpaired) electrons. The Hall–Kier alpha value is -1.49. The van der Waals surface area contributed by atoms with Gasteiger partial charge in [0.05, 0.1) is 6.42 Å². The Labute approximate surface area is 103 Å². The van der Waals surface area contributed by atoms with Crippen LogP contribution in [-0.4, -0.2) is 11.0 Å².